The third-order valence-electron chi connectivity index (χ3n) is 5.22. The highest BCUT2D eigenvalue weighted by molar-refractivity contribution is 5.78. The first-order valence-electron chi connectivity index (χ1n) is 9.12. The Hall–Kier alpha value is -2.13. The highest BCUT2D eigenvalue weighted by Gasteiger charge is 2.25. The van der Waals surface area contributed by atoms with Crippen molar-refractivity contribution in [1.29, 1.82) is 0 Å². The van der Waals surface area contributed by atoms with E-state index in [1.807, 2.05) is 11.9 Å². The number of nitrogens with zero attached hydrogens (tertiary/aromatic N) is 2. The summed E-state index contributed by atoms with van der Waals surface area (Å²) in [5.41, 5.74) is 5.25. The Balaban J connectivity index is 1.61. The van der Waals surface area contributed by atoms with Crippen molar-refractivity contribution in [2.24, 2.45) is 0 Å². The Labute approximate surface area is 151 Å². The predicted octanol–water partition coefficient (Wildman–Crippen LogP) is 3.96. The van der Waals surface area contributed by atoms with Crippen molar-refractivity contribution in [2.45, 2.75) is 38.8 Å². The molecule has 3 heteroatoms. The molecule has 1 amide bonds. The highest BCUT2D eigenvalue weighted by Crippen LogP contribution is 2.33. The van der Waals surface area contributed by atoms with Crippen LogP contribution in [0.25, 0.3) is 0 Å². The third kappa shape index (κ3) is 4.29. The first-order valence-corrected chi connectivity index (χ1v) is 9.12. The standard InChI is InChI=1S/C22H28N2O/c1-17-11-13-18(14-12-17)15-24(3)22(25)16-23(2)21-10-6-8-19-7-4-5-9-20(19)21/h4-5,7,9,11-14,21H,6,8,10,15-16H2,1-3H3. The van der Waals surface area contributed by atoms with E-state index in [1.165, 1.54) is 28.7 Å². The van der Waals surface area contributed by atoms with Crippen molar-refractivity contribution in [2.75, 3.05) is 20.6 Å². The summed E-state index contributed by atoms with van der Waals surface area (Å²) in [5.74, 6) is 0.172. The van der Waals surface area contributed by atoms with E-state index in [4.69, 9.17) is 0 Å². The van der Waals surface area contributed by atoms with Crippen molar-refractivity contribution in [1.82, 2.24) is 9.80 Å². The number of likely N-dealkylation sites (N-methyl/N-ethyl adjacent to an activating group) is 2. The monoisotopic (exact) mass is 336 g/mol. The van der Waals surface area contributed by atoms with E-state index in [-0.39, 0.29) is 5.91 Å². The van der Waals surface area contributed by atoms with Crippen molar-refractivity contribution in [3.63, 3.8) is 0 Å². The summed E-state index contributed by atoms with van der Waals surface area (Å²) in [5, 5.41) is 0. The molecule has 0 spiro atoms. The van der Waals surface area contributed by atoms with Gasteiger partial charge in [0.1, 0.15) is 0 Å². The number of hydrogen-bond donors (Lipinski definition) is 0. The molecule has 3 nitrogen and oxygen atoms in total. The summed E-state index contributed by atoms with van der Waals surface area (Å²) in [7, 11) is 3.97. The molecule has 2 aromatic rings. The number of carbonyl (C=O) groups is 1. The van der Waals surface area contributed by atoms with Gasteiger partial charge in [-0.3, -0.25) is 9.69 Å². The first-order chi connectivity index (χ1) is 12.0. The Morgan fingerprint density at radius 1 is 1.08 bits per heavy atom. The van der Waals surface area contributed by atoms with Crippen molar-refractivity contribution in [3.05, 3.63) is 70.8 Å². The molecule has 3 rings (SSSR count). The van der Waals surface area contributed by atoms with E-state index < -0.39 is 0 Å². The van der Waals surface area contributed by atoms with Gasteiger partial charge in [0.05, 0.1) is 6.54 Å². The normalized spacial score (nSPS) is 16.6. The number of hydrogen-bond acceptors (Lipinski definition) is 2. The molecular weight excluding hydrogens is 308 g/mol. The first kappa shape index (κ1) is 17.7. The fourth-order valence-electron chi connectivity index (χ4n) is 3.69. The van der Waals surface area contributed by atoms with Gasteiger partial charge in [0.2, 0.25) is 5.91 Å². The highest BCUT2D eigenvalue weighted by atomic mass is 16.2. The van der Waals surface area contributed by atoms with Crippen LogP contribution in [0.15, 0.2) is 48.5 Å². The number of amides is 1. The summed E-state index contributed by atoms with van der Waals surface area (Å²) in [6.07, 6.45) is 3.48. The molecule has 0 saturated carbocycles. The lowest BCUT2D eigenvalue weighted by Crippen LogP contribution is -2.38. The molecular formula is C22H28N2O. The molecule has 1 atom stereocenters. The SMILES string of the molecule is Cc1ccc(CN(C)C(=O)CN(C)C2CCCc3ccccc32)cc1. The predicted molar refractivity (Wildman–Crippen MR) is 102 cm³/mol. The second-order valence-electron chi connectivity index (χ2n) is 7.26. The lowest BCUT2D eigenvalue weighted by Gasteiger charge is -2.33. The van der Waals surface area contributed by atoms with Gasteiger partial charge in [0.25, 0.3) is 0 Å². The molecule has 0 heterocycles. The van der Waals surface area contributed by atoms with Gasteiger partial charge in [-0.1, -0.05) is 54.1 Å². The van der Waals surface area contributed by atoms with Gasteiger partial charge in [-0.05, 0) is 49.9 Å². The zero-order chi connectivity index (χ0) is 17.8. The van der Waals surface area contributed by atoms with Crippen LogP contribution < -0.4 is 0 Å². The Morgan fingerprint density at radius 3 is 2.56 bits per heavy atom. The van der Waals surface area contributed by atoms with Crippen LogP contribution in [-0.4, -0.2) is 36.3 Å². The van der Waals surface area contributed by atoms with Gasteiger partial charge >= 0.3 is 0 Å². The second kappa shape index (κ2) is 7.83. The maximum Gasteiger partial charge on any atom is 0.236 e. The van der Waals surface area contributed by atoms with Gasteiger partial charge in [-0.2, -0.15) is 0 Å². The molecule has 0 radical (unpaired) electrons. The Kier molecular flexibility index (Phi) is 5.54. The molecule has 0 aliphatic heterocycles. The molecule has 1 unspecified atom stereocenters. The average Bonchev–Trinajstić information content (AvgIpc) is 2.63. The van der Waals surface area contributed by atoms with Crippen molar-refractivity contribution < 1.29 is 4.79 Å². The molecule has 0 bridgehead atoms. The smallest absolute Gasteiger partial charge is 0.236 e. The number of aryl methyl sites for hydroxylation is 2. The van der Waals surface area contributed by atoms with Crippen LogP contribution in [0.3, 0.4) is 0 Å². The molecule has 0 saturated heterocycles. The largest absolute Gasteiger partial charge is 0.340 e. The minimum absolute atomic E-state index is 0.172. The maximum absolute atomic E-state index is 12.7. The quantitative estimate of drug-likeness (QED) is 0.825. The molecule has 25 heavy (non-hydrogen) atoms. The minimum atomic E-state index is 0.172. The van der Waals surface area contributed by atoms with Crippen LogP contribution in [0.5, 0.6) is 0 Å². The number of carbonyl (C=O) groups excluding carboxylic acids is 1. The number of benzene rings is 2. The fourth-order valence-corrected chi connectivity index (χ4v) is 3.69. The van der Waals surface area contributed by atoms with Crippen LogP contribution in [0.1, 0.15) is 41.1 Å². The van der Waals surface area contributed by atoms with E-state index in [2.05, 4.69) is 67.4 Å². The molecule has 132 valence electrons. The Bertz CT molecular complexity index is 723. The minimum Gasteiger partial charge on any atom is -0.340 e. The lowest BCUT2D eigenvalue weighted by atomic mass is 9.87. The van der Waals surface area contributed by atoms with E-state index in [0.29, 0.717) is 19.1 Å². The van der Waals surface area contributed by atoms with Gasteiger partial charge < -0.3 is 4.90 Å². The van der Waals surface area contributed by atoms with Crippen LogP contribution >= 0.6 is 0 Å². The number of rotatable bonds is 5. The van der Waals surface area contributed by atoms with Gasteiger partial charge in [0, 0.05) is 19.6 Å². The summed E-state index contributed by atoms with van der Waals surface area (Å²) in [6.45, 7) is 3.20. The zero-order valence-electron chi connectivity index (χ0n) is 15.5. The van der Waals surface area contributed by atoms with Crippen LogP contribution in [0.4, 0.5) is 0 Å². The molecule has 0 N–H and O–H groups in total. The van der Waals surface area contributed by atoms with Gasteiger partial charge in [0.15, 0.2) is 0 Å². The van der Waals surface area contributed by atoms with E-state index >= 15 is 0 Å². The van der Waals surface area contributed by atoms with E-state index in [0.717, 1.165) is 12.8 Å². The van der Waals surface area contributed by atoms with Gasteiger partial charge in [-0.15, -0.1) is 0 Å². The van der Waals surface area contributed by atoms with Crippen LogP contribution in [-0.2, 0) is 17.8 Å². The molecule has 1 aliphatic rings. The topological polar surface area (TPSA) is 23.6 Å². The molecule has 1 aliphatic carbocycles. The molecule has 0 fully saturated rings. The molecule has 2 aromatic carbocycles. The van der Waals surface area contributed by atoms with Crippen molar-refractivity contribution >= 4 is 5.91 Å². The maximum atomic E-state index is 12.7. The zero-order valence-corrected chi connectivity index (χ0v) is 15.5. The summed E-state index contributed by atoms with van der Waals surface area (Å²) < 4.78 is 0. The third-order valence-corrected chi connectivity index (χ3v) is 5.22. The lowest BCUT2D eigenvalue weighted by molar-refractivity contribution is -0.131. The summed E-state index contributed by atoms with van der Waals surface area (Å²) in [6, 6.07) is 17.4. The summed E-state index contributed by atoms with van der Waals surface area (Å²) in [4.78, 5) is 16.7. The second-order valence-corrected chi connectivity index (χ2v) is 7.26. The molecule has 0 aromatic heterocycles. The number of fused-ring (bicyclic) bond motifs is 1. The van der Waals surface area contributed by atoms with Crippen molar-refractivity contribution in [3.8, 4) is 0 Å². The van der Waals surface area contributed by atoms with Crippen LogP contribution in [0.2, 0.25) is 0 Å². The van der Waals surface area contributed by atoms with Gasteiger partial charge in [-0.25, -0.2) is 0 Å². The average molecular weight is 336 g/mol. The van der Waals surface area contributed by atoms with E-state index in [9.17, 15) is 4.79 Å². The van der Waals surface area contributed by atoms with E-state index in [1.54, 1.807) is 0 Å². The summed E-state index contributed by atoms with van der Waals surface area (Å²) >= 11 is 0. The Morgan fingerprint density at radius 2 is 1.80 bits per heavy atom. The van der Waals surface area contributed by atoms with Crippen LogP contribution in [0, 0.1) is 6.92 Å². The fraction of sp³-hybridized carbons (Fsp3) is 0.409.